The lowest BCUT2D eigenvalue weighted by atomic mass is 10.0. The lowest BCUT2D eigenvalue weighted by Gasteiger charge is -2.31. The van der Waals surface area contributed by atoms with E-state index in [0.717, 1.165) is 24.2 Å². The molecule has 1 aliphatic heterocycles. The van der Waals surface area contributed by atoms with Crippen molar-refractivity contribution in [3.8, 4) is 17.1 Å². The summed E-state index contributed by atoms with van der Waals surface area (Å²) in [6.07, 6.45) is 4.49. The maximum atomic E-state index is 12.3. The molecule has 1 N–H and O–H groups in total. The number of rotatable bonds is 8. The smallest absolute Gasteiger partial charge is 0.289 e. The van der Waals surface area contributed by atoms with Crippen LogP contribution in [0.3, 0.4) is 0 Å². The minimum absolute atomic E-state index is 0.00398. The van der Waals surface area contributed by atoms with E-state index in [9.17, 15) is 9.59 Å². The second kappa shape index (κ2) is 10.1. The molecule has 9 heteroatoms. The molecule has 0 bridgehead atoms. The molecule has 4 rings (SSSR count). The Morgan fingerprint density at radius 1 is 1.19 bits per heavy atom. The third-order valence-electron chi connectivity index (χ3n) is 5.49. The van der Waals surface area contributed by atoms with Crippen LogP contribution in [0.4, 0.5) is 0 Å². The average Bonchev–Trinajstić information content (AvgIpc) is 3.52. The van der Waals surface area contributed by atoms with Gasteiger partial charge in [0.05, 0.1) is 13.4 Å². The number of nitrogens with zero attached hydrogens (tertiary/aromatic N) is 3. The molecule has 1 aliphatic rings. The van der Waals surface area contributed by atoms with E-state index in [0.29, 0.717) is 49.8 Å². The third-order valence-corrected chi connectivity index (χ3v) is 5.49. The minimum Gasteiger partial charge on any atom is -0.497 e. The van der Waals surface area contributed by atoms with Crippen LogP contribution in [-0.2, 0) is 11.2 Å². The number of likely N-dealkylation sites (tertiary alicyclic amines) is 1. The molecule has 0 atom stereocenters. The SMILES string of the molecule is COc1ccc(-c2noc(CCCC(=O)NC3CCN(C(=O)c4ccco4)CC3)n2)cc1. The van der Waals surface area contributed by atoms with Crippen molar-refractivity contribution in [2.24, 2.45) is 0 Å². The van der Waals surface area contributed by atoms with Gasteiger partial charge in [-0.25, -0.2) is 0 Å². The predicted octanol–water partition coefficient (Wildman–Crippen LogP) is 3.08. The molecule has 32 heavy (non-hydrogen) atoms. The van der Waals surface area contributed by atoms with Gasteiger partial charge in [-0.2, -0.15) is 4.98 Å². The first-order valence-corrected chi connectivity index (χ1v) is 10.7. The Labute approximate surface area is 185 Å². The number of methoxy groups -OCH3 is 1. The third kappa shape index (κ3) is 5.35. The fraction of sp³-hybridized carbons (Fsp3) is 0.391. The van der Waals surface area contributed by atoms with Crippen molar-refractivity contribution in [3.63, 3.8) is 0 Å². The Kier molecular flexibility index (Phi) is 6.84. The number of furan rings is 1. The first kappa shape index (κ1) is 21.6. The van der Waals surface area contributed by atoms with E-state index in [4.69, 9.17) is 13.7 Å². The van der Waals surface area contributed by atoms with Gasteiger partial charge in [-0.1, -0.05) is 5.16 Å². The summed E-state index contributed by atoms with van der Waals surface area (Å²) >= 11 is 0. The number of hydrogen-bond donors (Lipinski definition) is 1. The molecule has 0 radical (unpaired) electrons. The molecule has 2 aromatic heterocycles. The molecule has 9 nitrogen and oxygen atoms in total. The number of benzene rings is 1. The van der Waals surface area contributed by atoms with Gasteiger partial charge in [0, 0.05) is 37.5 Å². The topological polar surface area (TPSA) is 111 Å². The normalized spacial score (nSPS) is 14.3. The van der Waals surface area contributed by atoms with Gasteiger partial charge < -0.3 is 23.9 Å². The molecule has 0 aliphatic carbocycles. The molecule has 1 fully saturated rings. The van der Waals surface area contributed by atoms with Crippen molar-refractivity contribution in [2.75, 3.05) is 20.2 Å². The number of hydrogen-bond acceptors (Lipinski definition) is 7. The first-order chi connectivity index (χ1) is 15.6. The van der Waals surface area contributed by atoms with Gasteiger partial charge in [-0.05, 0) is 55.7 Å². The number of carbonyl (C=O) groups is 2. The number of carbonyl (C=O) groups excluding carboxylic acids is 2. The van der Waals surface area contributed by atoms with Crippen molar-refractivity contribution in [3.05, 3.63) is 54.3 Å². The van der Waals surface area contributed by atoms with Crippen molar-refractivity contribution >= 4 is 11.8 Å². The van der Waals surface area contributed by atoms with Crippen LogP contribution in [0.5, 0.6) is 5.75 Å². The predicted molar refractivity (Wildman–Crippen MR) is 115 cm³/mol. The van der Waals surface area contributed by atoms with Gasteiger partial charge in [0.2, 0.25) is 17.6 Å². The molecule has 2 amide bonds. The summed E-state index contributed by atoms with van der Waals surface area (Å²) in [6.45, 7) is 1.20. The largest absolute Gasteiger partial charge is 0.497 e. The van der Waals surface area contributed by atoms with Gasteiger partial charge in [0.15, 0.2) is 5.76 Å². The highest BCUT2D eigenvalue weighted by Crippen LogP contribution is 2.20. The molecule has 0 saturated carbocycles. The van der Waals surface area contributed by atoms with E-state index in [-0.39, 0.29) is 17.9 Å². The molecule has 1 saturated heterocycles. The number of piperidine rings is 1. The Morgan fingerprint density at radius 2 is 1.97 bits per heavy atom. The van der Waals surface area contributed by atoms with Crippen LogP contribution in [0, 0.1) is 0 Å². The number of nitrogens with one attached hydrogen (secondary N) is 1. The number of aromatic nitrogens is 2. The average molecular weight is 438 g/mol. The van der Waals surface area contributed by atoms with E-state index in [1.54, 1.807) is 24.1 Å². The Balaban J connectivity index is 1.17. The quantitative estimate of drug-likeness (QED) is 0.575. The molecular formula is C23H26N4O5. The van der Waals surface area contributed by atoms with Crippen LogP contribution in [0.2, 0.25) is 0 Å². The number of amides is 2. The summed E-state index contributed by atoms with van der Waals surface area (Å²) in [5.41, 5.74) is 0.843. The van der Waals surface area contributed by atoms with Crippen LogP contribution < -0.4 is 10.1 Å². The van der Waals surface area contributed by atoms with Gasteiger partial charge in [0.25, 0.3) is 5.91 Å². The standard InChI is InChI=1S/C23H26N4O5/c1-30-18-9-7-16(8-10-18)22-25-21(32-26-22)6-2-5-20(28)24-17-11-13-27(14-12-17)23(29)19-4-3-15-31-19/h3-4,7-10,15,17H,2,5-6,11-14H2,1H3,(H,24,28). The summed E-state index contributed by atoms with van der Waals surface area (Å²) in [6, 6.07) is 10.9. The van der Waals surface area contributed by atoms with Crippen LogP contribution >= 0.6 is 0 Å². The summed E-state index contributed by atoms with van der Waals surface area (Å²) in [7, 11) is 1.62. The van der Waals surface area contributed by atoms with E-state index >= 15 is 0 Å². The molecule has 3 heterocycles. The fourth-order valence-electron chi connectivity index (χ4n) is 3.70. The highest BCUT2D eigenvalue weighted by atomic mass is 16.5. The highest BCUT2D eigenvalue weighted by Gasteiger charge is 2.25. The number of ether oxygens (including phenoxy) is 1. The van der Waals surface area contributed by atoms with Crippen LogP contribution in [-0.4, -0.2) is 53.1 Å². The summed E-state index contributed by atoms with van der Waals surface area (Å²) < 4.78 is 15.6. The molecule has 0 spiro atoms. The van der Waals surface area contributed by atoms with Gasteiger partial charge in [-0.15, -0.1) is 0 Å². The maximum Gasteiger partial charge on any atom is 0.289 e. The zero-order chi connectivity index (χ0) is 22.3. The minimum atomic E-state index is -0.103. The van der Waals surface area contributed by atoms with Crippen molar-refractivity contribution in [2.45, 2.75) is 38.1 Å². The number of aryl methyl sites for hydroxylation is 1. The van der Waals surface area contributed by atoms with Gasteiger partial charge >= 0.3 is 0 Å². The zero-order valence-corrected chi connectivity index (χ0v) is 18.0. The zero-order valence-electron chi connectivity index (χ0n) is 18.0. The maximum absolute atomic E-state index is 12.3. The van der Waals surface area contributed by atoms with Crippen LogP contribution in [0.1, 0.15) is 42.1 Å². The fourth-order valence-corrected chi connectivity index (χ4v) is 3.70. The monoisotopic (exact) mass is 438 g/mol. The van der Waals surface area contributed by atoms with E-state index in [1.807, 2.05) is 24.3 Å². The Morgan fingerprint density at radius 3 is 2.66 bits per heavy atom. The van der Waals surface area contributed by atoms with E-state index in [2.05, 4.69) is 15.5 Å². The molecule has 168 valence electrons. The van der Waals surface area contributed by atoms with Crippen LogP contribution in [0.15, 0.2) is 51.6 Å². The Hall–Kier alpha value is -3.62. The Bertz CT molecular complexity index is 1020. The highest BCUT2D eigenvalue weighted by molar-refractivity contribution is 5.91. The van der Waals surface area contributed by atoms with Crippen LogP contribution in [0.25, 0.3) is 11.4 Å². The van der Waals surface area contributed by atoms with E-state index < -0.39 is 0 Å². The lowest BCUT2D eigenvalue weighted by Crippen LogP contribution is -2.46. The van der Waals surface area contributed by atoms with Crippen molar-refractivity contribution in [1.29, 1.82) is 0 Å². The summed E-state index contributed by atoms with van der Waals surface area (Å²) in [5, 5.41) is 7.07. The molecule has 3 aromatic rings. The second-order valence-corrected chi connectivity index (χ2v) is 7.71. The van der Waals surface area contributed by atoms with E-state index in [1.165, 1.54) is 6.26 Å². The lowest BCUT2D eigenvalue weighted by molar-refractivity contribution is -0.122. The molecule has 1 aromatic carbocycles. The first-order valence-electron chi connectivity index (χ1n) is 10.7. The second-order valence-electron chi connectivity index (χ2n) is 7.71. The van der Waals surface area contributed by atoms with Gasteiger partial charge in [-0.3, -0.25) is 9.59 Å². The molecular weight excluding hydrogens is 412 g/mol. The molecule has 0 unspecified atom stereocenters. The van der Waals surface area contributed by atoms with Crippen molar-refractivity contribution in [1.82, 2.24) is 20.4 Å². The van der Waals surface area contributed by atoms with Crippen molar-refractivity contribution < 1.29 is 23.3 Å². The summed E-state index contributed by atoms with van der Waals surface area (Å²) in [4.78, 5) is 30.8. The van der Waals surface area contributed by atoms with Gasteiger partial charge in [0.1, 0.15) is 5.75 Å². The summed E-state index contributed by atoms with van der Waals surface area (Å²) in [5.74, 6) is 2.03.